The molecule has 0 aliphatic heterocycles. The summed E-state index contributed by atoms with van der Waals surface area (Å²) in [6, 6.07) is 18.9. The first-order valence-corrected chi connectivity index (χ1v) is 10.2. The second-order valence-electron chi connectivity index (χ2n) is 6.60. The lowest BCUT2D eigenvalue weighted by Crippen LogP contribution is -2.02. The summed E-state index contributed by atoms with van der Waals surface area (Å²) in [6.45, 7) is 2.45. The average Bonchev–Trinajstić information content (AvgIpc) is 2.74. The predicted molar refractivity (Wildman–Crippen MR) is 123 cm³/mol. The molecule has 3 N–H and O–H groups in total. The van der Waals surface area contributed by atoms with Gasteiger partial charge in [0.25, 0.3) is 0 Å². The number of hydrogen-bond acceptors (Lipinski definition) is 6. The van der Waals surface area contributed by atoms with E-state index in [1.807, 2.05) is 61.5 Å². The van der Waals surface area contributed by atoms with Crippen LogP contribution in [0.4, 0.5) is 17.5 Å². The van der Waals surface area contributed by atoms with Gasteiger partial charge in [-0.25, -0.2) is 4.98 Å². The third-order valence-electron chi connectivity index (χ3n) is 4.55. The van der Waals surface area contributed by atoms with Gasteiger partial charge in [0.05, 0.1) is 12.1 Å². The number of aromatic nitrogens is 2. The Labute approximate surface area is 182 Å². The molecule has 0 atom stereocenters. The van der Waals surface area contributed by atoms with Gasteiger partial charge in [0.2, 0.25) is 5.95 Å². The van der Waals surface area contributed by atoms with E-state index in [1.54, 1.807) is 6.07 Å². The summed E-state index contributed by atoms with van der Waals surface area (Å²) in [5.74, 6) is 1.49. The zero-order valence-electron chi connectivity index (χ0n) is 16.2. The van der Waals surface area contributed by atoms with Gasteiger partial charge < -0.3 is 15.8 Å². The topological polar surface area (TPSA) is 90.1 Å². The second kappa shape index (κ2) is 8.51. The maximum absolute atomic E-state index is 11.3. The van der Waals surface area contributed by atoms with Crippen molar-refractivity contribution in [2.24, 2.45) is 0 Å². The van der Waals surface area contributed by atoms with Crippen molar-refractivity contribution in [3.05, 3.63) is 70.7 Å². The minimum Gasteiger partial charge on any atom is -0.493 e. The summed E-state index contributed by atoms with van der Waals surface area (Å²) in [6.07, 6.45) is 0.824. The summed E-state index contributed by atoms with van der Waals surface area (Å²) < 4.78 is 6.72. The molecule has 30 heavy (non-hydrogen) atoms. The molecule has 1 aromatic heterocycles. The fourth-order valence-electron chi connectivity index (χ4n) is 3.24. The highest BCUT2D eigenvalue weighted by molar-refractivity contribution is 9.10. The van der Waals surface area contributed by atoms with Crippen molar-refractivity contribution in [1.82, 2.24) is 9.97 Å². The third kappa shape index (κ3) is 4.11. The van der Waals surface area contributed by atoms with Gasteiger partial charge in [0.1, 0.15) is 17.9 Å². The number of hydrogen-bond donors (Lipinski definition) is 2. The monoisotopic (exact) mass is 462 g/mol. The molecule has 1 heterocycles. The lowest BCUT2D eigenvalue weighted by molar-refractivity contribution is 0.112. The first-order valence-electron chi connectivity index (χ1n) is 9.39. The SMILES string of the molecule is CCOc1ccc(C=O)cc1-c1ccc2nc(N)nc(Nc3cccc(Br)c3)c2c1. The van der Waals surface area contributed by atoms with Gasteiger partial charge in [0.15, 0.2) is 0 Å². The standard InChI is InChI=1S/C23H19BrN4O2/c1-2-30-21-9-6-14(13-29)10-18(21)15-7-8-20-19(11-15)22(28-23(25)27-20)26-17-5-3-4-16(24)12-17/h3-13H,2H2,1H3,(H3,25,26,27,28). The Morgan fingerprint density at radius 2 is 1.97 bits per heavy atom. The van der Waals surface area contributed by atoms with E-state index in [-0.39, 0.29) is 5.95 Å². The lowest BCUT2D eigenvalue weighted by atomic mass is 10.0. The Bertz CT molecular complexity index is 1240. The van der Waals surface area contributed by atoms with E-state index in [0.29, 0.717) is 29.3 Å². The van der Waals surface area contributed by atoms with Crippen molar-refractivity contribution in [3.63, 3.8) is 0 Å². The van der Waals surface area contributed by atoms with Crippen LogP contribution in [0.5, 0.6) is 5.75 Å². The van der Waals surface area contributed by atoms with Crippen molar-refractivity contribution in [2.75, 3.05) is 17.7 Å². The highest BCUT2D eigenvalue weighted by atomic mass is 79.9. The van der Waals surface area contributed by atoms with Crippen LogP contribution in [0.2, 0.25) is 0 Å². The largest absolute Gasteiger partial charge is 0.493 e. The number of carbonyl (C=O) groups is 1. The van der Waals surface area contributed by atoms with Crippen molar-refractivity contribution in [3.8, 4) is 16.9 Å². The minimum absolute atomic E-state index is 0.186. The zero-order valence-corrected chi connectivity index (χ0v) is 17.8. The number of nitrogens with two attached hydrogens (primary N) is 1. The number of halogens is 1. The van der Waals surface area contributed by atoms with Crippen LogP contribution in [0.3, 0.4) is 0 Å². The number of carbonyl (C=O) groups excluding carboxylic acids is 1. The normalized spacial score (nSPS) is 10.7. The zero-order chi connectivity index (χ0) is 21.1. The van der Waals surface area contributed by atoms with Crippen LogP contribution in [0.25, 0.3) is 22.0 Å². The van der Waals surface area contributed by atoms with E-state index in [0.717, 1.165) is 33.0 Å². The molecule has 0 saturated carbocycles. The third-order valence-corrected chi connectivity index (χ3v) is 5.04. The van der Waals surface area contributed by atoms with Crippen LogP contribution in [-0.2, 0) is 0 Å². The second-order valence-corrected chi connectivity index (χ2v) is 7.52. The van der Waals surface area contributed by atoms with Crippen LogP contribution in [-0.4, -0.2) is 22.9 Å². The average molecular weight is 463 g/mol. The fourth-order valence-corrected chi connectivity index (χ4v) is 3.64. The fraction of sp³-hybridized carbons (Fsp3) is 0.0870. The molecule has 150 valence electrons. The van der Waals surface area contributed by atoms with Crippen LogP contribution in [0, 0.1) is 0 Å². The van der Waals surface area contributed by atoms with Crippen LogP contribution in [0.15, 0.2) is 65.1 Å². The molecule has 0 fully saturated rings. The van der Waals surface area contributed by atoms with E-state index < -0.39 is 0 Å². The number of fused-ring (bicyclic) bond motifs is 1. The summed E-state index contributed by atoms with van der Waals surface area (Å²) >= 11 is 3.48. The molecule has 4 aromatic rings. The minimum atomic E-state index is 0.186. The molecule has 0 bridgehead atoms. The molecule has 0 amide bonds. The molecule has 0 unspecified atom stereocenters. The van der Waals surface area contributed by atoms with Gasteiger partial charge in [-0.1, -0.05) is 28.1 Å². The van der Waals surface area contributed by atoms with E-state index in [4.69, 9.17) is 10.5 Å². The summed E-state index contributed by atoms with van der Waals surface area (Å²) in [5.41, 5.74) is 9.81. The Kier molecular flexibility index (Phi) is 5.63. The summed E-state index contributed by atoms with van der Waals surface area (Å²) in [5, 5.41) is 4.13. The van der Waals surface area contributed by atoms with Crippen molar-refractivity contribution < 1.29 is 9.53 Å². The van der Waals surface area contributed by atoms with Gasteiger partial charge in [-0.15, -0.1) is 0 Å². The molecule has 6 nitrogen and oxygen atoms in total. The molecule has 0 saturated heterocycles. The van der Waals surface area contributed by atoms with Crippen molar-refractivity contribution in [2.45, 2.75) is 6.92 Å². The van der Waals surface area contributed by atoms with Crippen LogP contribution < -0.4 is 15.8 Å². The van der Waals surface area contributed by atoms with Gasteiger partial charge >= 0.3 is 0 Å². The number of rotatable bonds is 6. The van der Waals surface area contributed by atoms with Crippen LogP contribution in [0.1, 0.15) is 17.3 Å². The number of nitrogens with one attached hydrogen (secondary N) is 1. The van der Waals surface area contributed by atoms with E-state index in [2.05, 4.69) is 31.2 Å². The van der Waals surface area contributed by atoms with Gasteiger partial charge in [-0.3, -0.25) is 4.79 Å². The van der Waals surface area contributed by atoms with Gasteiger partial charge in [-0.2, -0.15) is 4.98 Å². The molecular formula is C23H19BrN4O2. The highest BCUT2D eigenvalue weighted by Crippen LogP contribution is 2.35. The molecule has 0 aliphatic carbocycles. The smallest absolute Gasteiger partial charge is 0.222 e. The summed E-state index contributed by atoms with van der Waals surface area (Å²) in [7, 11) is 0. The highest BCUT2D eigenvalue weighted by Gasteiger charge is 2.12. The first kappa shape index (κ1) is 19.8. The van der Waals surface area contributed by atoms with E-state index in [9.17, 15) is 4.79 Å². The number of anilines is 3. The Morgan fingerprint density at radius 1 is 1.10 bits per heavy atom. The van der Waals surface area contributed by atoms with Gasteiger partial charge in [0, 0.05) is 26.7 Å². The molecular weight excluding hydrogens is 444 g/mol. The number of aldehydes is 1. The molecule has 4 rings (SSSR count). The van der Waals surface area contributed by atoms with Crippen molar-refractivity contribution >= 4 is 50.6 Å². The van der Waals surface area contributed by atoms with Crippen molar-refractivity contribution in [1.29, 1.82) is 0 Å². The maximum atomic E-state index is 11.3. The van der Waals surface area contributed by atoms with Crippen LogP contribution >= 0.6 is 15.9 Å². The maximum Gasteiger partial charge on any atom is 0.222 e. The Balaban J connectivity index is 1.86. The van der Waals surface area contributed by atoms with Gasteiger partial charge in [-0.05, 0) is 61.0 Å². The lowest BCUT2D eigenvalue weighted by Gasteiger charge is -2.14. The molecule has 0 spiro atoms. The Morgan fingerprint density at radius 3 is 2.73 bits per heavy atom. The number of nitrogens with zero attached hydrogens (tertiary/aromatic N) is 2. The number of ether oxygens (including phenoxy) is 1. The number of nitrogen functional groups attached to an aromatic ring is 1. The molecule has 3 aromatic carbocycles. The number of benzene rings is 3. The predicted octanol–water partition coefficient (Wildman–Crippen LogP) is 5.60. The Hall–Kier alpha value is -3.45. The molecule has 0 aliphatic rings. The van der Waals surface area contributed by atoms with E-state index in [1.165, 1.54) is 0 Å². The molecule has 0 radical (unpaired) electrons. The van der Waals surface area contributed by atoms with E-state index >= 15 is 0 Å². The summed E-state index contributed by atoms with van der Waals surface area (Å²) in [4.78, 5) is 20.1. The molecule has 7 heteroatoms. The quantitative estimate of drug-likeness (QED) is 0.362. The first-order chi connectivity index (χ1) is 14.6.